The van der Waals surface area contributed by atoms with Gasteiger partial charge in [0.2, 0.25) is 0 Å². The second-order valence-corrected chi connectivity index (χ2v) is 7.52. The molecule has 0 unspecified atom stereocenters. The van der Waals surface area contributed by atoms with Gasteiger partial charge in [-0.1, -0.05) is 80.1 Å². The second-order valence-electron chi connectivity index (χ2n) is 6.44. The van der Waals surface area contributed by atoms with Crippen molar-refractivity contribution in [3.05, 3.63) is 40.2 Å². The Labute approximate surface area is 203 Å². The Hall–Kier alpha value is 0.247. The van der Waals surface area contributed by atoms with Crippen LogP contribution in [0.1, 0.15) is 80.1 Å². The zero-order valence-electron chi connectivity index (χ0n) is 20.2. The largest absolute Gasteiger partial charge is 4.00 e. The van der Waals surface area contributed by atoms with Crippen molar-refractivity contribution in [2.75, 3.05) is 39.3 Å². The van der Waals surface area contributed by atoms with Crippen LogP contribution in [0.2, 0.25) is 0 Å². The van der Waals surface area contributed by atoms with Gasteiger partial charge >= 0.3 is 25.8 Å². The molecule has 3 nitrogen and oxygen atoms in total. The molecule has 0 aliphatic carbocycles. The Balaban J connectivity index is -0.000000142. The summed E-state index contributed by atoms with van der Waals surface area (Å²) in [5.74, 6) is 0. The molecule has 1 aromatic carbocycles. The third kappa shape index (κ3) is 43.1. The number of hydrogen-bond donors (Lipinski definition) is 0. The molecule has 0 bridgehead atoms. The minimum atomic E-state index is -1.37. The summed E-state index contributed by atoms with van der Waals surface area (Å²) < 4.78 is 11.7. The molecule has 0 fully saturated rings. The number of rotatable bonds is 13. The molecule has 29 heavy (non-hydrogen) atoms. The van der Waals surface area contributed by atoms with Crippen molar-refractivity contribution in [1.82, 2.24) is 0 Å². The van der Waals surface area contributed by atoms with Crippen molar-refractivity contribution >= 4 is 15.0 Å². The molecule has 6 heteroatoms. The molecule has 0 heterocycles. The van der Waals surface area contributed by atoms with E-state index in [-0.39, 0.29) is 25.8 Å². The van der Waals surface area contributed by atoms with Crippen molar-refractivity contribution < 1.29 is 30.0 Å². The molecular formula is C23H48FHfN3Si. The molecule has 0 spiro atoms. The first kappa shape index (κ1) is 36.6. The van der Waals surface area contributed by atoms with E-state index in [1.165, 1.54) is 38.5 Å². The van der Waals surface area contributed by atoms with Crippen LogP contribution in [-0.2, 0) is 25.8 Å². The van der Waals surface area contributed by atoms with Crippen LogP contribution in [0.5, 0.6) is 0 Å². The molecule has 0 saturated heterocycles. The standard InChI is InChI=1S/3C6H14N.C5H6FSi.Hf/c3*1-3-5-7-6-4-2;6-7-5-3-1-2-4-5;/h3*3-6H2,1-2H3;1-4H,7H2;/q4*-1;+4. The molecule has 0 radical (unpaired) electrons. The summed E-state index contributed by atoms with van der Waals surface area (Å²) in [4.78, 5) is 0. The molecule has 0 aliphatic heterocycles. The van der Waals surface area contributed by atoms with Crippen LogP contribution >= 0.6 is 0 Å². The quantitative estimate of drug-likeness (QED) is 0.107. The average Bonchev–Trinajstić information content (AvgIpc) is 3.25. The van der Waals surface area contributed by atoms with Gasteiger partial charge in [-0.3, -0.25) is 0 Å². The third-order valence-corrected chi connectivity index (χ3v) is 3.96. The molecule has 0 aliphatic rings. The summed E-state index contributed by atoms with van der Waals surface area (Å²) in [6, 6.07) is 7.38. The molecule has 1 aromatic rings. The van der Waals surface area contributed by atoms with Crippen LogP contribution in [-0.4, -0.2) is 49.1 Å². The van der Waals surface area contributed by atoms with Gasteiger partial charge in [0.25, 0.3) is 0 Å². The summed E-state index contributed by atoms with van der Waals surface area (Å²) in [6.07, 6.45) is 7.17. The van der Waals surface area contributed by atoms with Crippen LogP contribution in [0.3, 0.4) is 0 Å². The summed E-state index contributed by atoms with van der Waals surface area (Å²) in [5, 5.41) is 13.5. The van der Waals surface area contributed by atoms with E-state index >= 15 is 0 Å². The summed E-state index contributed by atoms with van der Waals surface area (Å²) in [7, 11) is -1.37. The molecule has 1 rings (SSSR count). The summed E-state index contributed by atoms with van der Waals surface area (Å²) in [5.41, 5.74) is 0. The smallest absolute Gasteiger partial charge is 0.662 e. The van der Waals surface area contributed by atoms with E-state index in [9.17, 15) is 4.11 Å². The van der Waals surface area contributed by atoms with Gasteiger partial charge in [0, 0.05) is 0 Å². The topological polar surface area (TPSA) is 42.3 Å². The Bertz CT molecular complexity index is 292. The Morgan fingerprint density at radius 3 is 0.966 bits per heavy atom. The van der Waals surface area contributed by atoms with E-state index in [4.69, 9.17) is 0 Å². The summed E-state index contributed by atoms with van der Waals surface area (Å²) in [6.45, 7) is 19.2. The van der Waals surface area contributed by atoms with E-state index in [0.29, 0.717) is 0 Å². The number of nitrogens with zero attached hydrogens (tertiary/aromatic N) is 3. The van der Waals surface area contributed by atoms with Gasteiger partial charge in [-0.15, -0.1) is 44.5 Å². The molecule has 0 amide bonds. The Kier molecular flexibility index (Phi) is 49.0. The van der Waals surface area contributed by atoms with Crippen LogP contribution in [0.25, 0.3) is 16.0 Å². The molecule has 0 N–H and O–H groups in total. The zero-order valence-corrected chi connectivity index (χ0v) is 25.2. The van der Waals surface area contributed by atoms with Crippen LogP contribution in [0.4, 0.5) is 4.11 Å². The number of halogens is 1. The van der Waals surface area contributed by atoms with E-state index in [1.807, 2.05) is 24.3 Å². The predicted octanol–water partition coefficient (Wildman–Crippen LogP) is 6.62. The van der Waals surface area contributed by atoms with Crippen molar-refractivity contribution in [2.24, 2.45) is 0 Å². The maximum absolute atomic E-state index is 11.7. The zero-order chi connectivity index (χ0) is 21.7. The maximum Gasteiger partial charge on any atom is 4.00 e. The SMILES string of the molecule is CCC[N-]CCC.CCC[N-]CCC.CCC[N-]CCC.F[SiH2][c-]1cccc1.[Hf+4]. The third-order valence-electron chi connectivity index (χ3n) is 3.18. The van der Waals surface area contributed by atoms with E-state index < -0.39 is 9.85 Å². The van der Waals surface area contributed by atoms with E-state index in [0.717, 1.165) is 44.5 Å². The van der Waals surface area contributed by atoms with Crippen molar-refractivity contribution in [3.8, 4) is 0 Å². The summed E-state index contributed by atoms with van der Waals surface area (Å²) >= 11 is 0. The fourth-order valence-corrected chi connectivity index (χ4v) is 2.24. The minimum Gasteiger partial charge on any atom is -0.662 e. The van der Waals surface area contributed by atoms with Crippen LogP contribution in [0, 0.1) is 0 Å². The first-order valence-electron chi connectivity index (χ1n) is 11.3. The first-order chi connectivity index (χ1) is 13.7. The van der Waals surface area contributed by atoms with Gasteiger partial charge in [-0.25, -0.2) is 12.1 Å². The average molecular weight is 592 g/mol. The van der Waals surface area contributed by atoms with Gasteiger partial charge in [0.15, 0.2) is 9.85 Å². The Morgan fingerprint density at radius 1 is 0.586 bits per heavy atom. The van der Waals surface area contributed by atoms with E-state index in [1.54, 1.807) is 0 Å². The fraction of sp³-hybridized carbons (Fsp3) is 0.783. The number of hydrogen-bond acceptors (Lipinski definition) is 0. The maximum atomic E-state index is 11.7. The van der Waals surface area contributed by atoms with Gasteiger partial charge in [0.05, 0.1) is 0 Å². The Morgan fingerprint density at radius 2 is 0.828 bits per heavy atom. The van der Waals surface area contributed by atoms with Crippen molar-refractivity contribution in [2.45, 2.75) is 80.1 Å². The van der Waals surface area contributed by atoms with Crippen molar-refractivity contribution in [3.63, 3.8) is 0 Å². The normalized spacial score (nSPS) is 9.48. The monoisotopic (exact) mass is 593 g/mol. The predicted molar refractivity (Wildman–Crippen MR) is 132 cm³/mol. The van der Waals surface area contributed by atoms with Crippen molar-refractivity contribution in [1.29, 1.82) is 0 Å². The van der Waals surface area contributed by atoms with Gasteiger partial charge < -0.3 is 20.1 Å². The molecule has 0 atom stereocenters. The van der Waals surface area contributed by atoms with Gasteiger partial charge in [-0.05, 0) is 0 Å². The molecule has 0 aromatic heterocycles. The molecule has 170 valence electrons. The first-order valence-corrected chi connectivity index (χ1v) is 12.6. The van der Waals surface area contributed by atoms with Gasteiger partial charge in [-0.2, -0.15) is 12.1 Å². The molecule has 0 saturated carbocycles. The van der Waals surface area contributed by atoms with Crippen LogP contribution < -0.4 is 5.19 Å². The van der Waals surface area contributed by atoms with E-state index in [2.05, 4.69) is 57.5 Å². The van der Waals surface area contributed by atoms with Gasteiger partial charge in [0.1, 0.15) is 0 Å². The minimum absolute atomic E-state index is 0. The van der Waals surface area contributed by atoms with Crippen LogP contribution in [0.15, 0.2) is 24.3 Å². The molecular weight excluding hydrogens is 544 g/mol. The second kappa shape index (κ2) is 38.8. The fourth-order valence-electron chi connectivity index (χ4n) is 1.79.